The minimum Gasteiger partial charge on any atom is -0.450 e. The van der Waals surface area contributed by atoms with E-state index in [4.69, 9.17) is 10.00 Å². The Morgan fingerprint density at radius 1 is 1.29 bits per heavy atom. The molecule has 7 heteroatoms. The van der Waals surface area contributed by atoms with Gasteiger partial charge in [-0.1, -0.05) is 5.22 Å². The van der Waals surface area contributed by atoms with E-state index in [2.05, 4.69) is 16.4 Å². The van der Waals surface area contributed by atoms with E-state index in [0.29, 0.717) is 44.0 Å². The summed E-state index contributed by atoms with van der Waals surface area (Å²) in [5, 5.41) is 18.8. The molecule has 21 heavy (non-hydrogen) atoms. The van der Waals surface area contributed by atoms with Crippen LogP contribution in [0.1, 0.15) is 12.5 Å². The molecule has 1 fully saturated rings. The Bertz CT molecular complexity index is 541. The molecule has 0 aliphatic carbocycles. The van der Waals surface area contributed by atoms with Crippen LogP contribution in [0.15, 0.2) is 34.6 Å². The lowest BCUT2D eigenvalue weighted by Crippen LogP contribution is -2.46. The van der Waals surface area contributed by atoms with E-state index in [-0.39, 0.29) is 6.09 Å². The molecule has 7 nitrogen and oxygen atoms in total. The molecule has 2 rings (SSSR count). The van der Waals surface area contributed by atoms with Gasteiger partial charge in [0.05, 0.1) is 37.0 Å². The van der Waals surface area contributed by atoms with Gasteiger partial charge in [-0.3, -0.25) is 5.01 Å². The fourth-order valence-electron chi connectivity index (χ4n) is 1.90. The molecule has 1 aliphatic heterocycles. The van der Waals surface area contributed by atoms with Gasteiger partial charge in [0.15, 0.2) is 0 Å². The molecule has 1 heterocycles. The molecule has 110 valence electrons. The van der Waals surface area contributed by atoms with Crippen LogP contribution in [0.5, 0.6) is 0 Å². The van der Waals surface area contributed by atoms with E-state index >= 15 is 0 Å². The molecule has 0 N–H and O–H groups in total. The van der Waals surface area contributed by atoms with Gasteiger partial charge < -0.3 is 9.64 Å². The van der Waals surface area contributed by atoms with Crippen molar-refractivity contribution in [2.24, 2.45) is 10.3 Å². The van der Waals surface area contributed by atoms with Crippen LogP contribution in [-0.4, -0.2) is 48.8 Å². The van der Waals surface area contributed by atoms with Gasteiger partial charge >= 0.3 is 6.09 Å². The average Bonchev–Trinajstić information content (AvgIpc) is 2.54. The normalized spacial score (nSPS) is 15.0. The van der Waals surface area contributed by atoms with Gasteiger partial charge in [0.1, 0.15) is 0 Å². The quantitative estimate of drug-likeness (QED) is 0.799. The van der Waals surface area contributed by atoms with Crippen molar-refractivity contribution < 1.29 is 9.53 Å². The number of benzene rings is 1. The second kappa shape index (κ2) is 7.24. The second-order valence-corrected chi connectivity index (χ2v) is 4.49. The van der Waals surface area contributed by atoms with Crippen LogP contribution in [0.2, 0.25) is 0 Å². The predicted octanol–water partition coefficient (Wildman–Crippen LogP) is 2.33. The molecular formula is C14H17N5O2. The van der Waals surface area contributed by atoms with Crippen LogP contribution in [0.3, 0.4) is 0 Å². The topological polar surface area (TPSA) is 81.3 Å². The van der Waals surface area contributed by atoms with E-state index in [1.807, 2.05) is 5.01 Å². The fourth-order valence-corrected chi connectivity index (χ4v) is 1.90. The highest BCUT2D eigenvalue weighted by molar-refractivity contribution is 5.67. The maximum Gasteiger partial charge on any atom is 0.409 e. The van der Waals surface area contributed by atoms with Gasteiger partial charge in [0, 0.05) is 13.1 Å². The molecule has 1 aromatic rings. The zero-order chi connectivity index (χ0) is 15.1. The monoisotopic (exact) mass is 287 g/mol. The number of amides is 1. The largest absolute Gasteiger partial charge is 0.450 e. The minimum atomic E-state index is -0.277. The molecule has 1 aliphatic rings. The maximum absolute atomic E-state index is 11.5. The summed E-state index contributed by atoms with van der Waals surface area (Å²) in [7, 11) is 0. The average molecular weight is 287 g/mol. The van der Waals surface area contributed by atoms with Crippen molar-refractivity contribution in [1.82, 2.24) is 9.91 Å². The van der Waals surface area contributed by atoms with Crippen molar-refractivity contribution in [3.05, 3.63) is 29.8 Å². The van der Waals surface area contributed by atoms with Gasteiger partial charge in [0.25, 0.3) is 0 Å². The number of carbonyl (C=O) groups is 1. The van der Waals surface area contributed by atoms with E-state index in [1.165, 1.54) is 0 Å². The molecule has 0 radical (unpaired) electrons. The number of hydrogen-bond donors (Lipinski definition) is 0. The first-order valence-corrected chi connectivity index (χ1v) is 6.81. The van der Waals surface area contributed by atoms with Crippen LogP contribution < -0.4 is 0 Å². The fraction of sp³-hybridized carbons (Fsp3) is 0.429. The molecule has 0 spiro atoms. The number of nitriles is 1. The standard InChI is InChI=1S/C14H17N5O2/c1-2-21-14(20)18-7-9-19(10-8-18)17-16-13-5-3-12(11-15)4-6-13/h3-6H,2,7-10H2,1H3. The van der Waals surface area contributed by atoms with Gasteiger partial charge in [-0.15, -0.1) is 5.11 Å². The second-order valence-electron chi connectivity index (χ2n) is 4.49. The van der Waals surface area contributed by atoms with Gasteiger partial charge in [-0.2, -0.15) is 5.26 Å². The summed E-state index contributed by atoms with van der Waals surface area (Å²) in [4.78, 5) is 13.2. The third-order valence-electron chi connectivity index (χ3n) is 3.07. The smallest absolute Gasteiger partial charge is 0.409 e. The Kier molecular flexibility index (Phi) is 5.10. The van der Waals surface area contributed by atoms with Crippen molar-refractivity contribution in [1.29, 1.82) is 5.26 Å². The molecule has 1 aromatic carbocycles. The summed E-state index contributed by atoms with van der Waals surface area (Å²) in [6.45, 7) is 4.57. The number of ether oxygens (including phenoxy) is 1. The number of nitrogens with zero attached hydrogens (tertiary/aromatic N) is 5. The summed E-state index contributed by atoms with van der Waals surface area (Å²) >= 11 is 0. The lowest BCUT2D eigenvalue weighted by atomic mass is 10.2. The Morgan fingerprint density at radius 2 is 1.95 bits per heavy atom. The van der Waals surface area contributed by atoms with Crippen LogP contribution in [0, 0.1) is 11.3 Å². The van der Waals surface area contributed by atoms with Crippen molar-refractivity contribution in [3.8, 4) is 6.07 Å². The summed E-state index contributed by atoms with van der Waals surface area (Å²) in [5.41, 5.74) is 1.29. The van der Waals surface area contributed by atoms with Crippen molar-refractivity contribution >= 4 is 11.8 Å². The lowest BCUT2D eigenvalue weighted by Gasteiger charge is -2.31. The summed E-state index contributed by atoms with van der Waals surface area (Å²) in [5.74, 6) is 0. The van der Waals surface area contributed by atoms with Crippen LogP contribution in [0.25, 0.3) is 0 Å². The molecule has 1 saturated heterocycles. The van der Waals surface area contributed by atoms with Crippen molar-refractivity contribution in [3.63, 3.8) is 0 Å². The molecular weight excluding hydrogens is 270 g/mol. The van der Waals surface area contributed by atoms with Gasteiger partial charge in [-0.05, 0) is 31.2 Å². The van der Waals surface area contributed by atoms with Crippen LogP contribution in [0.4, 0.5) is 10.5 Å². The van der Waals surface area contributed by atoms with E-state index in [0.717, 1.165) is 0 Å². The molecule has 0 saturated carbocycles. The molecule has 0 aromatic heterocycles. The third-order valence-corrected chi connectivity index (χ3v) is 3.07. The Labute approximate surface area is 123 Å². The molecule has 0 bridgehead atoms. The first-order valence-electron chi connectivity index (χ1n) is 6.81. The Morgan fingerprint density at radius 3 is 2.52 bits per heavy atom. The Hall–Kier alpha value is -2.62. The Balaban J connectivity index is 1.84. The molecule has 1 amide bonds. The highest BCUT2D eigenvalue weighted by Crippen LogP contribution is 2.14. The zero-order valence-electron chi connectivity index (χ0n) is 11.9. The summed E-state index contributed by atoms with van der Waals surface area (Å²) < 4.78 is 4.96. The third kappa shape index (κ3) is 4.18. The zero-order valence-corrected chi connectivity index (χ0v) is 11.9. The number of piperazine rings is 1. The first-order chi connectivity index (χ1) is 10.2. The van der Waals surface area contributed by atoms with E-state index < -0.39 is 0 Å². The van der Waals surface area contributed by atoms with Crippen LogP contribution in [-0.2, 0) is 4.74 Å². The van der Waals surface area contributed by atoms with Crippen LogP contribution >= 0.6 is 0 Å². The van der Waals surface area contributed by atoms with Crippen molar-refractivity contribution in [2.75, 3.05) is 32.8 Å². The van der Waals surface area contributed by atoms with E-state index in [9.17, 15) is 4.79 Å². The maximum atomic E-state index is 11.5. The highest BCUT2D eigenvalue weighted by Gasteiger charge is 2.21. The SMILES string of the molecule is CCOC(=O)N1CCN(N=Nc2ccc(C#N)cc2)CC1. The number of carbonyl (C=O) groups excluding carboxylic acids is 1. The first kappa shape index (κ1) is 14.8. The summed E-state index contributed by atoms with van der Waals surface area (Å²) in [6, 6.07) is 8.95. The molecule has 0 atom stereocenters. The van der Waals surface area contributed by atoms with Crippen molar-refractivity contribution in [2.45, 2.75) is 6.92 Å². The number of hydrogen-bond acceptors (Lipinski definition) is 5. The molecule has 0 unspecified atom stereocenters. The minimum absolute atomic E-state index is 0.277. The van der Waals surface area contributed by atoms with Gasteiger partial charge in [-0.25, -0.2) is 4.79 Å². The predicted molar refractivity (Wildman–Crippen MR) is 75.8 cm³/mol. The van der Waals surface area contributed by atoms with Gasteiger partial charge in [0.2, 0.25) is 0 Å². The summed E-state index contributed by atoms with van der Waals surface area (Å²) in [6.07, 6.45) is -0.277. The number of rotatable bonds is 3. The van der Waals surface area contributed by atoms with E-state index in [1.54, 1.807) is 36.1 Å². The highest BCUT2D eigenvalue weighted by atomic mass is 16.6. The lowest BCUT2D eigenvalue weighted by molar-refractivity contribution is 0.0784.